The lowest BCUT2D eigenvalue weighted by Gasteiger charge is -2.27. The highest BCUT2D eigenvalue weighted by Crippen LogP contribution is 2.23. The number of nitrogens with two attached hydrogens (primary N) is 1. The molecular weight excluding hydrogens is 258 g/mol. The standard InChI is InChI=1S/C11H18ClN3OS/c1-7-11(12)9(15(2)14-7)5-8(13)10-6-17-4-3-16-10/h8,10H,3-6,13H2,1-2H3. The number of aryl methyl sites for hydroxylation is 2. The molecule has 17 heavy (non-hydrogen) atoms. The van der Waals surface area contributed by atoms with Gasteiger partial charge in [0.05, 0.1) is 29.1 Å². The van der Waals surface area contributed by atoms with Crippen LogP contribution in [0.2, 0.25) is 5.02 Å². The minimum absolute atomic E-state index is 0.0184. The van der Waals surface area contributed by atoms with Gasteiger partial charge in [-0.1, -0.05) is 11.6 Å². The van der Waals surface area contributed by atoms with E-state index in [1.165, 1.54) is 0 Å². The molecule has 0 bridgehead atoms. The number of thioether (sulfide) groups is 1. The maximum atomic E-state index is 6.21. The molecule has 2 N–H and O–H groups in total. The van der Waals surface area contributed by atoms with Gasteiger partial charge in [0, 0.05) is 31.0 Å². The Bertz CT molecular complexity index is 390. The van der Waals surface area contributed by atoms with Crippen LogP contribution in [0.4, 0.5) is 0 Å². The number of hydrogen-bond donors (Lipinski definition) is 1. The van der Waals surface area contributed by atoms with Gasteiger partial charge in [-0.2, -0.15) is 16.9 Å². The molecule has 1 aliphatic heterocycles. The highest BCUT2D eigenvalue weighted by atomic mass is 35.5. The zero-order valence-electron chi connectivity index (χ0n) is 10.1. The first-order valence-electron chi connectivity index (χ1n) is 5.72. The summed E-state index contributed by atoms with van der Waals surface area (Å²) in [5.41, 5.74) is 8.04. The monoisotopic (exact) mass is 275 g/mol. The molecule has 0 aliphatic carbocycles. The first-order chi connectivity index (χ1) is 8.09. The van der Waals surface area contributed by atoms with Crippen LogP contribution in [0.25, 0.3) is 0 Å². The van der Waals surface area contributed by atoms with Gasteiger partial charge >= 0.3 is 0 Å². The van der Waals surface area contributed by atoms with Crippen molar-refractivity contribution in [1.82, 2.24) is 9.78 Å². The van der Waals surface area contributed by atoms with Crippen molar-refractivity contribution in [2.45, 2.75) is 25.5 Å². The zero-order valence-corrected chi connectivity index (χ0v) is 11.7. The van der Waals surface area contributed by atoms with Gasteiger partial charge in [0.1, 0.15) is 0 Å². The molecule has 96 valence electrons. The predicted molar refractivity (Wildman–Crippen MR) is 71.7 cm³/mol. The fraction of sp³-hybridized carbons (Fsp3) is 0.727. The van der Waals surface area contributed by atoms with E-state index >= 15 is 0 Å². The Kier molecular flexibility index (Phi) is 4.36. The fourth-order valence-corrected chi connectivity index (χ4v) is 3.20. The smallest absolute Gasteiger partial charge is 0.0847 e. The summed E-state index contributed by atoms with van der Waals surface area (Å²) in [6, 6.07) is -0.0184. The fourth-order valence-electron chi connectivity index (χ4n) is 2.01. The Balaban J connectivity index is 2.04. The quantitative estimate of drug-likeness (QED) is 0.906. The number of nitrogens with zero attached hydrogens (tertiary/aromatic N) is 2. The van der Waals surface area contributed by atoms with Crippen molar-refractivity contribution in [1.29, 1.82) is 0 Å². The van der Waals surface area contributed by atoms with Crippen molar-refractivity contribution in [2.75, 3.05) is 18.1 Å². The number of ether oxygens (including phenoxy) is 1. The molecule has 0 radical (unpaired) electrons. The Morgan fingerprint density at radius 3 is 3.00 bits per heavy atom. The second kappa shape index (κ2) is 5.61. The van der Waals surface area contributed by atoms with Crippen LogP contribution in [0, 0.1) is 6.92 Å². The third-order valence-electron chi connectivity index (χ3n) is 3.01. The Morgan fingerprint density at radius 1 is 1.71 bits per heavy atom. The van der Waals surface area contributed by atoms with E-state index < -0.39 is 0 Å². The average molecular weight is 276 g/mol. The lowest BCUT2D eigenvalue weighted by Crippen LogP contribution is -2.43. The van der Waals surface area contributed by atoms with Crippen molar-refractivity contribution in [3.05, 3.63) is 16.4 Å². The molecule has 1 aliphatic rings. The molecule has 6 heteroatoms. The second-order valence-electron chi connectivity index (χ2n) is 4.32. The molecule has 0 spiro atoms. The van der Waals surface area contributed by atoms with E-state index in [0.717, 1.165) is 34.5 Å². The summed E-state index contributed by atoms with van der Waals surface area (Å²) in [6.45, 7) is 2.70. The molecule has 2 rings (SSSR count). The summed E-state index contributed by atoms with van der Waals surface area (Å²) >= 11 is 8.11. The third-order valence-corrected chi connectivity index (χ3v) is 4.52. The highest BCUT2D eigenvalue weighted by molar-refractivity contribution is 7.99. The normalized spacial score (nSPS) is 22.7. The van der Waals surface area contributed by atoms with Crippen molar-refractivity contribution < 1.29 is 4.74 Å². The number of rotatable bonds is 3. The maximum absolute atomic E-state index is 6.21. The first kappa shape index (κ1) is 13.2. The third kappa shape index (κ3) is 2.96. The van der Waals surface area contributed by atoms with E-state index in [4.69, 9.17) is 22.1 Å². The van der Waals surface area contributed by atoms with Crippen molar-refractivity contribution in [2.24, 2.45) is 12.8 Å². The minimum Gasteiger partial charge on any atom is -0.375 e. The summed E-state index contributed by atoms with van der Waals surface area (Å²) in [7, 11) is 1.90. The van der Waals surface area contributed by atoms with Gasteiger partial charge in [0.25, 0.3) is 0 Å². The van der Waals surface area contributed by atoms with Crippen LogP contribution >= 0.6 is 23.4 Å². The van der Waals surface area contributed by atoms with Crippen LogP contribution in [0.3, 0.4) is 0 Å². The molecule has 0 amide bonds. The van der Waals surface area contributed by atoms with Crippen molar-refractivity contribution in [3.8, 4) is 0 Å². The lowest BCUT2D eigenvalue weighted by atomic mass is 10.1. The van der Waals surface area contributed by atoms with Crippen LogP contribution in [-0.4, -0.2) is 40.0 Å². The van der Waals surface area contributed by atoms with Gasteiger partial charge in [-0.3, -0.25) is 4.68 Å². The van der Waals surface area contributed by atoms with Crippen LogP contribution in [0.15, 0.2) is 0 Å². The van der Waals surface area contributed by atoms with Crippen LogP contribution < -0.4 is 5.73 Å². The molecule has 2 atom stereocenters. The number of hydrogen-bond acceptors (Lipinski definition) is 4. The lowest BCUT2D eigenvalue weighted by molar-refractivity contribution is 0.0568. The summed E-state index contributed by atoms with van der Waals surface area (Å²) in [5, 5.41) is 5.02. The summed E-state index contributed by atoms with van der Waals surface area (Å²) in [6.07, 6.45) is 0.835. The summed E-state index contributed by atoms with van der Waals surface area (Å²) < 4.78 is 7.49. The minimum atomic E-state index is -0.0184. The summed E-state index contributed by atoms with van der Waals surface area (Å²) in [5.74, 6) is 2.03. The van der Waals surface area contributed by atoms with E-state index in [0.29, 0.717) is 6.42 Å². The van der Waals surface area contributed by atoms with Crippen LogP contribution in [0.5, 0.6) is 0 Å². The van der Waals surface area contributed by atoms with Crippen LogP contribution in [-0.2, 0) is 18.2 Å². The molecule has 4 nitrogen and oxygen atoms in total. The van der Waals surface area contributed by atoms with Gasteiger partial charge in [0.15, 0.2) is 0 Å². The maximum Gasteiger partial charge on any atom is 0.0847 e. The van der Waals surface area contributed by atoms with E-state index in [9.17, 15) is 0 Å². The highest BCUT2D eigenvalue weighted by Gasteiger charge is 2.24. The number of halogens is 1. The second-order valence-corrected chi connectivity index (χ2v) is 5.85. The SMILES string of the molecule is Cc1nn(C)c(CC(N)C2CSCCO2)c1Cl. The largest absolute Gasteiger partial charge is 0.375 e. The molecule has 2 heterocycles. The van der Waals surface area contributed by atoms with Crippen molar-refractivity contribution in [3.63, 3.8) is 0 Å². The zero-order chi connectivity index (χ0) is 12.4. The molecule has 1 saturated heterocycles. The average Bonchev–Trinajstić information content (AvgIpc) is 2.57. The topological polar surface area (TPSA) is 53.1 Å². The molecular formula is C11H18ClN3OS. The molecule has 1 fully saturated rings. The predicted octanol–water partition coefficient (Wildman–Crippen LogP) is 1.38. The van der Waals surface area contributed by atoms with Crippen LogP contribution in [0.1, 0.15) is 11.4 Å². The Labute approximate surface area is 111 Å². The van der Waals surface area contributed by atoms with E-state index in [-0.39, 0.29) is 12.1 Å². The Hall–Kier alpha value is -0.230. The van der Waals surface area contributed by atoms with E-state index in [1.807, 2.05) is 30.4 Å². The number of aromatic nitrogens is 2. The van der Waals surface area contributed by atoms with Gasteiger partial charge in [-0.25, -0.2) is 0 Å². The van der Waals surface area contributed by atoms with Crippen molar-refractivity contribution >= 4 is 23.4 Å². The van der Waals surface area contributed by atoms with Gasteiger partial charge in [0.2, 0.25) is 0 Å². The first-order valence-corrected chi connectivity index (χ1v) is 7.25. The molecule has 2 unspecified atom stereocenters. The van der Waals surface area contributed by atoms with Gasteiger partial charge in [-0.15, -0.1) is 0 Å². The van der Waals surface area contributed by atoms with E-state index in [2.05, 4.69) is 5.10 Å². The molecule has 1 aromatic heterocycles. The molecule has 0 aromatic carbocycles. The van der Waals surface area contributed by atoms with E-state index in [1.54, 1.807) is 0 Å². The van der Waals surface area contributed by atoms with Gasteiger partial charge in [-0.05, 0) is 6.92 Å². The summed E-state index contributed by atoms with van der Waals surface area (Å²) in [4.78, 5) is 0. The Morgan fingerprint density at radius 2 is 2.47 bits per heavy atom. The van der Waals surface area contributed by atoms with Gasteiger partial charge < -0.3 is 10.5 Å². The molecule has 0 saturated carbocycles. The molecule has 1 aromatic rings.